The number of H-pyrrole nitrogens is 1. The summed E-state index contributed by atoms with van der Waals surface area (Å²) in [7, 11) is 0. The molecule has 94 valence electrons. The van der Waals surface area contributed by atoms with Crippen LogP contribution in [0.3, 0.4) is 0 Å². The van der Waals surface area contributed by atoms with E-state index in [1.807, 2.05) is 6.07 Å². The third kappa shape index (κ3) is 2.24. The lowest BCUT2D eigenvalue weighted by Gasteiger charge is -1.98. The van der Waals surface area contributed by atoms with Gasteiger partial charge in [0.2, 0.25) is 0 Å². The van der Waals surface area contributed by atoms with Crippen LogP contribution in [0.2, 0.25) is 0 Å². The minimum Gasteiger partial charge on any atom is -0.298 e. The summed E-state index contributed by atoms with van der Waals surface area (Å²) in [4.78, 5) is 28.2. The van der Waals surface area contributed by atoms with Crippen LogP contribution in [0.4, 0.5) is 0 Å². The normalized spacial score (nSPS) is 10.7. The molecule has 2 heterocycles. The Morgan fingerprint density at radius 1 is 1.50 bits per heavy atom. The molecule has 0 aliphatic heterocycles. The zero-order valence-electron chi connectivity index (χ0n) is 10.2. The Balaban J connectivity index is 2.57. The molecule has 0 radical (unpaired) electrons. The van der Waals surface area contributed by atoms with Crippen LogP contribution in [0.25, 0.3) is 10.2 Å². The second kappa shape index (κ2) is 5.23. The predicted octanol–water partition coefficient (Wildman–Crippen LogP) is 1.73. The van der Waals surface area contributed by atoms with Gasteiger partial charge in [0.1, 0.15) is 4.83 Å². The van der Waals surface area contributed by atoms with Crippen LogP contribution < -0.4 is 11.2 Å². The molecule has 0 amide bonds. The van der Waals surface area contributed by atoms with Gasteiger partial charge in [0.15, 0.2) is 0 Å². The van der Waals surface area contributed by atoms with E-state index < -0.39 is 5.69 Å². The van der Waals surface area contributed by atoms with E-state index in [0.29, 0.717) is 10.2 Å². The summed E-state index contributed by atoms with van der Waals surface area (Å²) >= 11 is 1.47. The maximum absolute atomic E-state index is 12.1. The number of unbranched alkanes of at least 4 members (excludes halogenated alkanes) is 1. The Morgan fingerprint density at radius 2 is 2.28 bits per heavy atom. The summed E-state index contributed by atoms with van der Waals surface area (Å²) in [6, 6.07) is 1.86. The van der Waals surface area contributed by atoms with Crippen molar-refractivity contribution in [2.24, 2.45) is 0 Å². The van der Waals surface area contributed by atoms with Crippen molar-refractivity contribution in [3.63, 3.8) is 0 Å². The molecule has 0 aromatic carbocycles. The molecule has 0 atom stereocenters. The molecule has 0 aliphatic rings. The van der Waals surface area contributed by atoms with Gasteiger partial charge in [-0.15, -0.1) is 17.8 Å². The lowest BCUT2D eigenvalue weighted by molar-refractivity contribution is 0.743. The predicted molar refractivity (Wildman–Crippen MR) is 74.2 cm³/mol. The van der Waals surface area contributed by atoms with Gasteiger partial charge < -0.3 is 0 Å². The van der Waals surface area contributed by atoms with Crippen LogP contribution in [0.5, 0.6) is 0 Å². The van der Waals surface area contributed by atoms with Crippen LogP contribution in [0, 0.1) is 12.3 Å². The quantitative estimate of drug-likeness (QED) is 0.853. The maximum Gasteiger partial charge on any atom is 0.330 e. The highest BCUT2D eigenvalue weighted by molar-refractivity contribution is 7.18. The van der Waals surface area contributed by atoms with Gasteiger partial charge in [-0.3, -0.25) is 9.78 Å². The molecule has 0 spiro atoms. The first-order valence-corrected chi connectivity index (χ1v) is 6.68. The molecule has 1 N–H and O–H groups in total. The van der Waals surface area contributed by atoms with Crippen molar-refractivity contribution < 1.29 is 0 Å². The second-order valence-electron chi connectivity index (χ2n) is 4.08. The molecule has 0 saturated carbocycles. The van der Waals surface area contributed by atoms with Crippen molar-refractivity contribution >= 4 is 21.6 Å². The minimum absolute atomic E-state index is 0.00421. The fourth-order valence-corrected chi connectivity index (χ4v) is 2.89. The molecule has 0 saturated heterocycles. The molecule has 2 aromatic heterocycles. The zero-order valence-corrected chi connectivity index (χ0v) is 11.0. The number of thiophene rings is 1. The summed E-state index contributed by atoms with van der Waals surface area (Å²) in [5.74, 6) is 2.32. The third-order valence-electron chi connectivity index (χ3n) is 2.75. The number of hydrogen-bond donors (Lipinski definition) is 1. The largest absolute Gasteiger partial charge is 0.330 e. The Kier molecular flexibility index (Phi) is 3.68. The van der Waals surface area contributed by atoms with Crippen LogP contribution in [-0.2, 0) is 13.0 Å². The number of aryl methyl sites for hydroxylation is 1. The van der Waals surface area contributed by atoms with Crippen molar-refractivity contribution in [1.82, 2.24) is 9.55 Å². The molecule has 0 bridgehead atoms. The number of rotatable bonds is 4. The Hall–Kier alpha value is -1.80. The molecule has 18 heavy (non-hydrogen) atoms. The fraction of sp³-hybridized carbons (Fsp3) is 0.385. The molecular weight excluding hydrogens is 248 g/mol. The topological polar surface area (TPSA) is 54.9 Å². The number of hydrogen-bond acceptors (Lipinski definition) is 3. The number of aromatic nitrogens is 2. The average molecular weight is 262 g/mol. The maximum atomic E-state index is 12.1. The molecular formula is C13H14N2O2S. The smallest absolute Gasteiger partial charge is 0.298 e. The lowest BCUT2D eigenvalue weighted by atomic mass is 10.2. The van der Waals surface area contributed by atoms with E-state index in [0.717, 1.165) is 28.7 Å². The Morgan fingerprint density at radius 3 is 2.94 bits per heavy atom. The van der Waals surface area contributed by atoms with Crippen molar-refractivity contribution in [1.29, 1.82) is 0 Å². The molecule has 4 nitrogen and oxygen atoms in total. The third-order valence-corrected chi connectivity index (χ3v) is 3.86. The highest BCUT2D eigenvalue weighted by Crippen LogP contribution is 2.21. The highest BCUT2D eigenvalue weighted by atomic mass is 32.1. The Labute approximate surface area is 108 Å². The Bertz CT molecular complexity index is 715. The van der Waals surface area contributed by atoms with Gasteiger partial charge in [0, 0.05) is 4.88 Å². The summed E-state index contributed by atoms with van der Waals surface area (Å²) in [6.45, 7) is 2.12. The van der Waals surface area contributed by atoms with Crippen LogP contribution >= 0.6 is 11.3 Å². The van der Waals surface area contributed by atoms with Gasteiger partial charge in [0.25, 0.3) is 5.56 Å². The van der Waals surface area contributed by atoms with E-state index in [1.165, 1.54) is 11.3 Å². The van der Waals surface area contributed by atoms with Gasteiger partial charge in [0.05, 0.1) is 11.9 Å². The van der Waals surface area contributed by atoms with Crippen LogP contribution in [0.15, 0.2) is 15.7 Å². The molecule has 5 heteroatoms. The van der Waals surface area contributed by atoms with E-state index in [9.17, 15) is 9.59 Å². The summed E-state index contributed by atoms with van der Waals surface area (Å²) < 4.78 is 1.05. The number of terminal acetylenes is 1. The van der Waals surface area contributed by atoms with E-state index in [1.54, 1.807) is 0 Å². The van der Waals surface area contributed by atoms with Gasteiger partial charge in [-0.25, -0.2) is 9.36 Å². The second-order valence-corrected chi connectivity index (χ2v) is 5.22. The fourth-order valence-electron chi connectivity index (χ4n) is 1.81. The standard InChI is InChI=1S/C13H14N2O2S/c1-3-5-6-9-8-10-11(18-9)14-13(17)15(7-4-2)12(10)16/h2,8H,3,5-7H2,1H3,(H,14,17). The average Bonchev–Trinajstić information content (AvgIpc) is 2.75. The van der Waals surface area contributed by atoms with E-state index in [2.05, 4.69) is 17.8 Å². The number of fused-ring (bicyclic) bond motifs is 1. The zero-order chi connectivity index (χ0) is 13.1. The molecule has 0 aliphatic carbocycles. The van der Waals surface area contributed by atoms with Gasteiger partial charge in [-0.2, -0.15) is 0 Å². The first-order chi connectivity index (χ1) is 8.67. The number of nitrogens with one attached hydrogen (secondary N) is 1. The minimum atomic E-state index is -0.436. The van der Waals surface area contributed by atoms with Gasteiger partial charge >= 0.3 is 5.69 Å². The van der Waals surface area contributed by atoms with Crippen LogP contribution in [-0.4, -0.2) is 9.55 Å². The van der Waals surface area contributed by atoms with Crippen molar-refractivity contribution in [3.05, 3.63) is 31.8 Å². The molecule has 0 fully saturated rings. The highest BCUT2D eigenvalue weighted by Gasteiger charge is 2.10. The monoisotopic (exact) mass is 262 g/mol. The molecule has 2 rings (SSSR count). The van der Waals surface area contributed by atoms with Gasteiger partial charge in [-0.05, 0) is 18.9 Å². The van der Waals surface area contributed by atoms with E-state index in [4.69, 9.17) is 6.42 Å². The molecule has 2 aromatic rings. The first kappa shape index (κ1) is 12.7. The number of aromatic amines is 1. The lowest BCUT2D eigenvalue weighted by Crippen LogP contribution is -2.34. The van der Waals surface area contributed by atoms with Crippen molar-refractivity contribution in [3.8, 4) is 12.3 Å². The summed E-state index contributed by atoms with van der Waals surface area (Å²) in [5.41, 5.74) is -0.736. The SMILES string of the molecule is C#CCn1c(=O)[nH]c2sc(CCCC)cc2c1=O. The van der Waals surface area contributed by atoms with Crippen molar-refractivity contribution in [2.45, 2.75) is 32.7 Å². The summed E-state index contributed by atoms with van der Waals surface area (Å²) in [6.07, 6.45) is 8.27. The van der Waals surface area contributed by atoms with Crippen LogP contribution in [0.1, 0.15) is 24.6 Å². The van der Waals surface area contributed by atoms with E-state index in [-0.39, 0.29) is 12.1 Å². The van der Waals surface area contributed by atoms with Crippen molar-refractivity contribution in [2.75, 3.05) is 0 Å². The molecule has 0 unspecified atom stereocenters. The number of nitrogens with zero attached hydrogens (tertiary/aromatic N) is 1. The van der Waals surface area contributed by atoms with E-state index >= 15 is 0 Å². The summed E-state index contributed by atoms with van der Waals surface area (Å²) in [5, 5.41) is 0.556. The first-order valence-electron chi connectivity index (χ1n) is 5.86. The van der Waals surface area contributed by atoms with Gasteiger partial charge in [-0.1, -0.05) is 19.3 Å².